The third kappa shape index (κ3) is 3.08. The van der Waals surface area contributed by atoms with E-state index in [9.17, 15) is 10.1 Å². The molecule has 0 aromatic heterocycles. The molecular weight excluding hydrogens is 246 g/mol. The number of aliphatic hydroxyl groups is 1. The van der Waals surface area contributed by atoms with Gasteiger partial charge < -0.3 is 9.84 Å². The number of nitrogens with zero attached hydrogens (tertiary/aromatic N) is 1. The minimum Gasteiger partial charge on any atom is -0.457 e. The lowest BCUT2D eigenvalue weighted by molar-refractivity contribution is -0.385. The molecule has 0 aliphatic rings. The minimum absolute atomic E-state index is 0.0590. The van der Waals surface area contributed by atoms with Crippen molar-refractivity contribution < 1.29 is 14.8 Å². The van der Waals surface area contributed by atoms with Crippen LogP contribution in [0.5, 0.6) is 11.5 Å². The highest BCUT2D eigenvalue weighted by Crippen LogP contribution is 2.27. The smallest absolute Gasteiger partial charge is 0.272 e. The van der Waals surface area contributed by atoms with Crippen LogP contribution >= 0.6 is 0 Å². The molecule has 0 amide bonds. The van der Waals surface area contributed by atoms with Gasteiger partial charge in [0, 0.05) is 11.6 Å². The molecule has 0 unspecified atom stereocenters. The Hall–Kier alpha value is -2.40. The van der Waals surface area contributed by atoms with Gasteiger partial charge in [-0.1, -0.05) is 12.1 Å². The minimum atomic E-state index is -0.425. The third-order valence-electron chi connectivity index (χ3n) is 2.68. The molecule has 1 N–H and O–H groups in total. The van der Waals surface area contributed by atoms with E-state index in [0.717, 1.165) is 5.56 Å². The molecule has 0 saturated carbocycles. The van der Waals surface area contributed by atoms with Crippen LogP contribution < -0.4 is 4.74 Å². The predicted molar refractivity (Wildman–Crippen MR) is 70.3 cm³/mol. The van der Waals surface area contributed by atoms with Gasteiger partial charge in [-0.05, 0) is 36.8 Å². The van der Waals surface area contributed by atoms with Crippen LogP contribution in [-0.4, -0.2) is 10.0 Å². The molecule has 19 heavy (non-hydrogen) atoms. The Labute approximate surface area is 110 Å². The van der Waals surface area contributed by atoms with E-state index in [0.29, 0.717) is 17.1 Å². The first-order valence-electron chi connectivity index (χ1n) is 5.73. The van der Waals surface area contributed by atoms with Gasteiger partial charge in [-0.3, -0.25) is 10.1 Å². The number of benzene rings is 2. The molecule has 2 aromatic rings. The Balaban J connectivity index is 2.23. The number of nitro benzene ring substituents is 1. The summed E-state index contributed by atoms with van der Waals surface area (Å²) >= 11 is 0. The molecule has 0 spiro atoms. The molecule has 0 radical (unpaired) electrons. The van der Waals surface area contributed by atoms with Gasteiger partial charge in [-0.25, -0.2) is 0 Å². The average Bonchev–Trinajstić information content (AvgIpc) is 2.38. The molecular formula is C14H13NO4. The van der Waals surface area contributed by atoms with Crippen molar-refractivity contribution in [2.24, 2.45) is 0 Å². The van der Waals surface area contributed by atoms with E-state index in [4.69, 9.17) is 9.84 Å². The summed E-state index contributed by atoms with van der Waals surface area (Å²) in [6.07, 6.45) is 0. The van der Waals surface area contributed by atoms with Gasteiger partial charge in [0.15, 0.2) is 0 Å². The second-order valence-corrected chi connectivity index (χ2v) is 4.11. The van der Waals surface area contributed by atoms with Crippen LogP contribution in [0.2, 0.25) is 0 Å². The number of aryl methyl sites for hydroxylation is 1. The van der Waals surface area contributed by atoms with E-state index in [1.807, 2.05) is 0 Å². The number of ether oxygens (including phenoxy) is 1. The van der Waals surface area contributed by atoms with Crippen molar-refractivity contribution in [1.29, 1.82) is 0 Å². The molecule has 98 valence electrons. The van der Waals surface area contributed by atoms with Crippen molar-refractivity contribution in [2.75, 3.05) is 0 Å². The lowest BCUT2D eigenvalue weighted by Crippen LogP contribution is -1.93. The highest BCUT2D eigenvalue weighted by Gasteiger charge is 2.11. The van der Waals surface area contributed by atoms with Gasteiger partial charge in [0.1, 0.15) is 11.5 Å². The molecule has 5 nitrogen and oxygen atoms in total. The molecule has 0 fully saturated rings. The summed E-state index contributed by atoms with van der Waals surface area (Å²) < 4.78 is 5.60. The molecule has 0 saturated heterocycles. The van der Waals surface area contributed by atoms with Gasteiger partial charge in [0.05, 0.1) is 11.5 Å². The molecule has 0 bridgehead atoms. The molecule has 0 heterocycles. The summed E-state index contributed by atoms with van der Waals surface area (Å²) in [6.45, 7) is 1.60. The van der Waals surface area contributed by atoms with Gasteiger partial charge in [0.25, 0.3) is 5.69 Å². The Bertz CT molecular complexity index is 610. The van der Waals surface area contributed by atoms with Crippen LogP contribution in [0.25, 0.3) is 0 Å². The second-order valence-electron chi connectivity index (χ2n) is 4.11. The molecule has 0 aliphatic heterocycles. The molecule has 0 atom stereocenters. The summed E-state index contributed by atoms with van der Waals surface area (Å²) in [7, 11) is 0. The maximum atomic E-state index is 10.7. The van der Waals surface area contributed by atoms with Crippen LogP contribution in [-0.2, 0) is 6.61 Å². The fourth-order valence-electron chi connectivity index (χ4n) is 1.74. The normalized spacial score (nSPS) is 10.2. The monoisotopic (exact) mass is 259 g/mol. The fourth-order valence-corrected chi connectivity index (χ4v) is 1.74. The number of nitro groups is 1. The predicted octanol–water partition coefficient (Wildman–Crippen LogP) is 3.19. The topological polar surface area (TPSA) is 72.6 Å². The van der Waals surface area contributed by atoms with Gasteiger partial charge in [0.2, 0.25) is 0 Å². The van der Waals surface area contributed by atoms with Crippen LogP contribution in [0.15, 0.2) is 42.5 Å². The Morgan fingerprint density at radius 1 is 1.21 bits per heavy atom. The fraction of sp³-hybridized carbons (Fsp3) is 0.143. The lowest BCUT2D eigenvalue weighted by atomic mass is 10.2. The van der Waals surface area contributed by atoms with Crippen molar-refractivity contribution in [2.45, 2.75) is 13.5 Å². The molecule has 2 aromatic carbocycles. The van der Waals surface area contributed by atoms with Gasteiger partial charge in [-0.15, -0.1) is 0 Å². The first kappa shape index (κ1) is 13.0. The van der Waals surface area contributed by atoms with Gasteiger partial charge in [-0.2, -0.15) is 0 Å². The zero-order valence-electron chi connectivity index (χ0n) is 10.4. The van der Waals surface area contributed by atoms with Crippen LogP contribution in [0, 0.1) is 17.0 Å². The number of rotatable bonds is 4. The van der Waals surface area contributed by atoms with E-state index < -0.39 is 4.92 Å². The van der Waals surface area contributed by atoms with E-state index in [1.165, 1.54) is 6.07 Å². The van der Waals surface area contributed by atoms with Crippen molar-refractivity contribution in [3.8, 4) is 11.5 Å². The van der Waals surface area contributed by atoms with Crippen LogP contribution in [0.1, 0.15) is 11.1 Å². The van der Waals surface area contributed by atoms with E-state index in [-0.39, 0.29) is 12.3 Å². The first-order valence-corrected chi connectivity index (χ1v) is 5.73. The molecule has 2 rings (SSSR count). The van der Waals surface area contributed by atoms with Crippen LogP contribution in [0.3, 0.4) is 0 Å². The van der Waals surface area contributed by atoms with Crippen molar-refractivity contribution in [3.63, 3.8) is 0 Å². The Morgan fingerprint density at radius 2 is 1.95 bits per heavy atom. The van der Waals surface area contributed by atoms with E-state index in [2.05, 4.69) is 0 Å². The van der Waals surface area contributed by atoms with E-state index in [1.54, 1.807) is 43.3 Å². The average molecular weight is 259 g/mol. The zero-order chi connectivity index (χ0) is 13.8. The van der Waals surface area contributed by atoms with Crippen molar-refractivity contribution >= 4 is 5.69 Å². The largest absolute Gasteiger partial charge is 0.457 e. The summed E-state index contributed by atoms with van der Waals surface area (Å²) in [5, 5.41) is 19.8. The molecule has 5 heteroatoms. The standard InChI is InChI=1S/C14H13NO4/c1-10-7-13(5-6-14(10)15(17)18)19-12-4-2-3-11(8-12)9-16/h2-8,16H,9H2,1H3. The summed E-state index contributed by atoms with van der Waals surface area (Å²) in [5.74, 6) is 1.11. The maximum absolute atomic E-state index is 10.7. The number of hydrogen-bond donors (Lipinski definition) is 1. The lowest BCUT2D eigenvalue weighted by Gasteiger charge is -2.07. The first-order chi connectivity index (χ1) is 9.10. The number of aliphatic hydroxyl groups excluding tert-OH is 1. The third-order valence-corrected chi connectivity index (χ3v) is 2.68. The van der Waals surface area contributed by atoms with Crippen LogP contribution in [0.4, 0.5) is 5.69 Å². The Morgan fingerprint density at radius 3 is 2.58 bits per heavy atom. The van der Waals surface area contributed by atoms with Crippen molar-refractivity contribution in [3.05, 3.63) is 63.7 Å². The zero-order valence-corrected chi connectivity index (χ0v) is 10.4. The SMILES string of the molecule is Cc1cc(Oc2cccc(CO)c2)ccc1[N+](=O)[O-]. The van der Waals surface area contributed by atoms with Gasteiger partial charge >= 0.3 is 0 Å². The second kappa shape index (κ2) is 5.49. The quantitative estimate of drug-likeness (QED) is 0.676. The summed E-state index contributed by atoms with van der Waals surface area (Å²) in [6, 6.07) is 11.6. The van der Waals surface area contributed by atoms with Crippen molar-refractivity contribution in [1.82, 2.24) is 0 Å². The number of hydrogen-bond acceptors (Lipinski definition) is 4. The van der Waals surface area contributed by atoms with E-state index >= 15 is 0 Å². The summed E-state index contributed by atoms with van der Waals surface area (Å²) in [4.78, 5) is 10.3. The highest BCUT2D eigenvalue weighted by molar-refractivity contribution is 5.45. The maximum Gasteiger partial charge on any atom is 0.272 e. The Kier molecular flexibility index (Phi) is 3.77. The highest BCUT2D eigenvalue weighted by atomic mass is 16.6. The summed E-state index contributed by atoms with van der Waals surface area (Å²) in [5.41, 5.74) is 1.36. The molecule has 0 aliphatic carbocycles.